The number of anilines is 2. The lowest BCUT2D eigenvalue weighted by molar-refractivity contribution is -0.0447. The first-order chi connectivity index (χ1) is 14.5. The second-order valence-corrected chi connectivity index (χ2v) is 10.6. The topological polar surface area (TPSA) is 103 Å². The van der Waals surface area contributed by atoms with Crippen molar-refractivity contribution in [3.63, 3.8) is 0 Å². The van der Waals surface area contributed by atoms with Crippen molar-refractivity contribution in [1.29, 1.82) is 5.26 Å². The van der Waals surface area contributed by atoms with Crippen LogP contribution in [0, 0.1) is 24.2 Å². The number of nitrogens with zero attached hydrogens (tertiary/aromatic N) is 3. The number of halogens is 2. The maximum atomic E-state index is 13.6. The van der Waals surface area contributed by atoms with Gasteiger partial charge < -0.3 is 4.90 Å². The van der Waals surface area contributed by atoms with Crippen LogP contribution in [0.4, 0.5) is 19.6 Å². The second kappa shape index (κ2) is 8.88. The molecule has 2 aromatic rings. The van der Waals surface area contributed by atoms with Crippen molar-refractivity contribution < 1.29 is 22.0 Å². The first-order valence-corrected chi connectivity index (χ1v) is 12.3. The van der Waals surface area contributed by atoms with Gasteiger partial charge in [0.2, 0.25) is 15.9 Å². The Morgan fingerprint density at radius 2 is 1.94 bits per heavy atom. The molecule has 1 fully saturated rings. The third-order valence-electron chi connectivity index (χ3n) is 5.09. The highest BCUT2D eigenvalue weighted by Gasteiger charge is 2.36. The summed E-state index contributed by atoms with van der Waals surface area (Å²) in [7, 11) is -3.74. The quantitative estimate of drug-likeness (QED) is 0.688. The van der Waals surface area contributed by atoms with E-state index in [1.54, 1.807) is 31.2 Å². The molecule has 1 N–H and O–H groups in total. The maximum absolute atomic E-state index is 13.6. The number of hydrogen-bond donors (Lipinski definition) is 1. The number of thiazole rings is 1. The van der Waals surface area contributed by atoms with Gasteiger partial charge in [-0.05, 0) is 49.9 Å². The zero-order valence-electron chi connectivity index (χ0n) is 17.1. The minimum absolute atomic E-state index is 0.000697. The van der Waals surface area contributed by atoms with Crippen LogP contribution < -0.4 is 9.62 Å². The predicted molar refractivity (Wildman–Crippen MR) is 114 cm³/mol. The van der Waals surface area contributed by atoms with Crippen molar-refractivity contribution in [3.8, 4) is 6.07 Å². The van der Waals surface area contributed by atoms with Gasteiger partial charge in [-0.25, -0.2) is 26.9 Å². The van der Waals surface area contributed by atoms with Gasteiger partial charge in [-0.1, -0.05) is 0 Å². The summed E-state index contributed by atoms with van der Waals surface area (Å²) in [5.41, 5.74) is 1.18. The van der Waals surface area contributed by atoms with Crippen molar-refractivity contribution in [3.05, 3.63) is 40.4 Å². The molecule has 31 heavy (non-hydrogen) atoms. The van der Waals surface area contributed by atoms with E-state index in [1.807, 2.05) is 15.7 Å². The minimum atomic E-state index is -3.74. The Hall–Kier alpha value is -2.58. The molecule has 1 aliphatic rings. The summed E-state index contributed by atoms with van der Waals surface area (Å²) in [5.74, 6) is -3.45. The van der Waals surface area contributed by atoms with Crippen LogP contribution in [0.1, 0.15) is 46.6 Å². The number of hydrogen-bond acceptors (Lipinski definition) is 7. The van der Waals surface area contributed by atoms with Crippen molar-refractivity contribution in [1.82, 2.24) is 9.71 Å². The van der Waals surface area contributed by atoms with Crippen LogP contribution >= 0.6 is 11.3 Å². The van der Waals surface area contributed by atoms with Gasteiger partial charge in [0.15, 0.2) is 5.13 Å². The van der Waals surface area contributed by atoms with Crippen LogP contribution in [0.2, 0.25) is 0 Å². The van der Waals surface area contributed by atoms with E-state index >= 15 is 0 Å². The van der Waals surface area contributed by atoms with E-state index in [0.29, 0.717) is 40.6 Å². The first-order valence-electron chi connectivity index (χ1n) is 9.62. The number of carbonyl (C=O) groups is 1. The van der Waals surface area contributed by atoms with E-state index in [9.17, 15) is 22.0 Å². The monoisotopic (exact) mass is 468 g/mol. The third-order valence-corrected chi connectivity index (χ3v) is 6.64. The number of carbonyl (C=O) groups excluding carboxylic acids is 1. The van der Waals surface area contributed by atoms with Gasteiger partial charge in [-0.2, -0.15) is 5.26 Å². The molecular weight excluding hydrogens is 446 g/mol. The van der Waals surface area contributed by atoms with Crippen molar-refractivity contribution in [2.75, 3.05) is 17.7 Å². The van der Waals surface area contributed by atoms with E-state index in [4.69, 9.17) is 5.26 Å². The highest BCUT2D eigenvalue weighted by molar-refractivity contribution is 7.89. The molecule has 1 aromatic heterocycles. The molecule has 0 saturated heterocycles. The lowest BCUT2D eigenvalue weighted by Crippen LogP contribution is -2.32. The zero-order valence-corrected chi connectivity index (χ0v) is 18.7. The molecule has 0 radical (unpaired) electrons. The van der Waals surface area contributed by atoms with E-state index in [2.05, 4.69) is 4.98 Å². The molecule has 3 rings (SSSR count). The summed E-state index contributed by atoms with van der Waals surface area (Å²) < 4.78 is 51.9. The summed E-state index contributed by atoms with van der Waals surface area (Å²) in [6, 6.07) is 8.82. The molecule has 0 bridgehead atoms. The largest absolute Gasteiger partial charge is 0.318 e. The normalized spacial score (nSPS) is 16.5. The Labute approximate surface area is 183 Å². The molecule has 1 aromatic carbocycles. The molecule has 1 amide bonds. The zero-order chi connectivity index (χ0) is 22.8. The maximum Gasteiger partial charge on any atom is 0.284 e. The van der Waals surface area contributed by atoms with Crippen LogP contribution in [0.25, 0.3) is 0 Å². The fourth-order valence-electron chi connectivity index (χ4n) is 3.48. The minimum Gasteiger partial charge on any atom is -0.318 e. The standard InChI is InChI=1S/C20H22F2N4O3S2/c1-13-17(18(27)25-31(2,28)29)24-19(30-13)26(16-5-3-14(11-23)4-6-16)12-15-7-9-20(21,22)10-8-15/h3-6,15H,7-10,12H2,1-2H3,(H,25,27). The number of sulfonamides is 1. The van der Waals surface area contributed by atoms with Gasteiger partial charge in [0.1, 0.15) is 5.69 Å². The Balaban J connectivity index is 1.92. The average molecular weight is 469 g/mol. The number of nitrogens with one attached hydrogen (secondary N) is 1. The molecule has 0 spiro atoms. The fourth-order valence-corrected chi connectivity index (χ4v) is 4.85. The Bertz CT molecular complexity index is 1100. The number of aryl methyl sites for hydroxylation is 1. The summed E-state index contributed by atoms with van der Waals surface area (Å²) in [5, 5.41) is 9.51. The highest BCUT2D eigenvalue weighted by Crippen LogP contribution is 2.39. The molecule has 1 saturated carbocycles. The molecule has 1 heterocycles. The molecule has 7 nitrogen and oxygen atoms in total. The van der Waals surface area contributed by atoms with Gasteiger partial charge in [-0.15, -0.1) is 11.3 Å². The van der Waals surface area contributed by atoms with Gasteiger partial charge in [0.05, 0.1) is 17.9 Å². The van der Waals surface area contributed by atoms with Crippen molar-refractivity contribution >= 4 is 38.1 Å². The number of alkyl halides is 2. The smallest absolute Gasteiger partial charge is 0.284 e. The molecular formula is C20H22F2N4O3S2. The van der Waals surface area contributed by atoms with E-state index in [-0.39, 0.29) is 24.5 Å². The van der Waals surface area contributed by atoms with E-state index in [0.717, 1.165) is 6.26 Å². The summed E-state index contributed by atoms with van der Waals surface area (Å²) in [6.45, 7) is 2.08. The van der Waals surface area contributed by atoms with Crippen molar-refractivity contribution in [2.24, 2.45) is 5.92 Å². The first kappa shape index (κ1) is 23.1. The average Bonchev–Trinajstić information content (AvgIpc) is 3.07. The molecule has 11 heteroatoms. The molecule has 166 valence electrons. The van der Waals surface area contributed by atoms with Gasteiger partial charge >= 0.3 is 0 Å². The SMILES string of the molecule is Cc1sc(N(CC2CCC(F)(F)CC2)c2ccc(C#N)cc2)nc1C(=O)NS(C)(=O)=O. The lowest BCUT2D eigenvalue weighted by atomic mass is 9.86. The van der Waals surface area contributed by atoms with Crippen LogP contribution in [0.5, 0.6) is 0 Å². The number of benzene rings is 1. The summed E-state index contributed by atoms with van der Waals surface area (Å²) >= 11 is 1.22. The number of rotatable bonds is 6. The van der Waals surface area contributed by atoms with Gasteiger partial charge in [0, 0.05) is 30.0 Å². The fraction of sp³-hybridized carbons (Fsp3) is 0.450. The number of aromatic nitrogens is 1. The van der Waals surface area contributed by atoms with Crippen LogP contribution in [0.3, 0.4) is 0 Å². The lowest BCUT2D eigenvalue weighted by Gasteiger charge is -2.32. The predicted octanol–water partition coefficient (Wildman–Crippen LogP) is 3.98. The summed E-state index contributed by atoms with van der Waals surface area (Å²) in [4.78, 5) is 19.0. The van der Waals surface area contributed by atoms with Crippen LogP contribution in [-0.2, 0) is 10.0 Å². The van der Waals surface area contributed by atoms with E-state index < -0.39 is 21.9 Å². The van der Waals surface area contributed by atoms with Crippen LogP contribution in [-0.4, -0.2) is 38.0 Å². The van der Waals surface area contributed by atoms with E-state index in [1.165, 1.54) is 11.3 Å². The molecule has 0 aliphatic heterocycles. The molecule has 0 unspecified atom stereocenters. The number of nitriles is 1. The number of amides is 1. The Morgan fingerprint density at radius 3 is 2.48 bits per heavy atom. The summed E-state index contributed by atoms with van der Waals surface area (Å²) in [6.07, 6.45) is 1.28. The third kappa shape index (κ3) is 5.98. The van der Waals surface area contributed by atoms with Gasteiger partial charge in [0.25, 0.3) is 5.91 Å². The van der Waals surface area contributed by atoms with Crippen LogP contribution in [0.15, 0.2) is 24.3 Å². The second-order valence-electron chi connectivity index (χ2n) is 7.67. The van der Waals surface area contributed by atoms with Gasteiger partial charge in [-0.3, -0.25) is 4.79 Å². The Kier molecular flexibility index (Phi) is 6.62. The Morgan fingerprint density at radius 1 is 1.32 bits per heavy atom. The molecule has 0 atom stereocenters. The van der Waals surface area contributed by atoms with Crippen molar-refractivity contribution in [2.45, 2.75) is 38.5 Å². The highest BCUT2D eigenvalue weighted by atomic mass is 32.2. The molecule has 1 aliphatic carbocycles.